The van der Waals surface area contributed by atoms with Crippen molar-refractivity contribution in [2.75, 3.05) is 25.7 Å². The summed E-state index contributed by atoms with van der Waals surface area (Å²) in [5.41, 5.74) is 0.551. The Bertz CT molecular complexity index is 720. The molecule has 0 aliphatic carbocycles. The first kappa shape index (κ1) is 20.5. The minimum atomic E-state index is -1.07. The maximum atomic E-state index is 12.6. The van der Waals surface area contributed by atoms with Gasteiger partial charge in [0, 0.05) is 19.0 Å². The molecule has 8 nitrogen and oxygen atoms in total. The first-order valence-corrected chi connectivity index (χ1v) is 8.87. The lowest BCUT2D eigenvalue weighted by Crippen LogP contribution is -2.47. The normalized spacial score (nSPS) is 18.7. The minimum Gasteiger partial charge on any atom is -0.497 e. The van der Waals surface area contributed by atoms with Gasteiger partial charge >= 0.3 is 5.97 Å². The zero-order chi connectivity index (χ0) is 20.1. The molecule has 1 heterocycles. The van der Waals surface area contributed by atoms with Gasteiger partial charge < -0.3 is 24.8 Å². The van der Waals surface area contributed by atoms with E-state index in [1.54, 1.807) is 25.1 Å². The number of benzene rings is 1. The second kappa shape index (κ2) is 8.75. The lowest BCUT2D eigenvalue weighted by atomic mass is 9.98. The maximum absolute atomic E-state index is 12.6. The number of carbonyl (C=O) groups excluding carboxylic acids is 2. The zero-order valence-corrected chi connectivity index (χ0v) is 16.0. The Morgan fingerprint density at radius 3 is 2.59 bits per heavy atom. The molecule has 1 fully saturated rings. The molecule has 8 heteroatoms. The van der Waals surface area contributed by atoms with Gasteiger partial charge in [-0.1, -0.05) is 20.3 Å². The number of hydrogen-bond donors (Lipinski definition) is 2. The van der Waals surface area contributed by atoms with Crippen LogP contribution in [-0.2, 0) is 14.4 Å². The van der Waals surface area contributed by atoms with E-state index in [1.807, 2.05) is 6.92 Å². The Morgan fingerprint density at radius 1 is 1.33 bits per heavy atom. The Morgan fingerprint density at radius 2 is 2.04 bits per heavy atom. The van der Waals surface area contributed by atoms with Gasteiger partial charge in [-0.3, -0.25) is 9.59 Å². The molecule has 0 bridgehead atoms. The molecular weight excluding hydrogens is 352 g/mol. The van der Waals surface area contributed by atoms with Crippen molar-refractivity contribution in [3.8, 4) is 11.5 Å². The molecule has 1 aromatic carbocycles. The van der Waals surface area contributed by atoms with Crippen LogP contribution in [0.4, 0.5) is 5.69 Å². The standard InChI is InChI=1S/C19H26N2O6/c1-5-11(2)17(19(24)25)20-18(23)12-8-16(22)21(10-12)14-7-6-13(26-3)9-15(14)27-4/h6-7,9,11-12,17H,5,8,10H2,1-4H3,(H,20,23)(H,24,25)/t11-,12?,17-/m0/s1. The van der Waals surface area contributed by atoms with Gasteiger partial charge in [0.05, 0.1) is 25.8 Å². The lowest BCUT2D eigenvalue weighted by Gasteiger charge is -2.22. The number of anilines is 1. The van der Waals surface area contributed by atoms with Crippen molar-refractivity contribution in [1.82, 2.24) is 5.32 Å². The van der Waals surface area contributed by atoms with E-state index in [-0.39, 0.29) is 24.8 Å². The summed E-state index contributed by atoms with van der Waals surface area (Å²) in [6, 6.07) is 4.11. The third-order valence-electron chi connectivity index (χ3n) is 4.95. The highest BCUT2D eigenvalue weighted by Gasteiger charge is 2.38. The number of carbonyl (C=O) groups is 3. The molecular formula is C19H26N2O6. The number of carboxylic acids is 1. The van der Waals surface area contributed by atoms with Gasteiger partial charge in [-0.25, -0.2) is 4.79 Å². The van der Waals surface area contributed by atoms with E-state index in [2.05, 4.69) is 5.32 Å². The van der Waals surface area contributed by atoms with Crippen molar-refractivity contribution in [2.45, 2.75) is 32.7 Å². The number of rotatable bonds is 8. The van der Waals surface area contributed by atoms with Gasteiger partial charge in [-0.05, 0) is 18.1 Å². The fourth-order valence-corrected chi connectivity index (χ4v) is 3.08. The molecule has 1 unspecified atom stereocenters. The minimum absolute atomic E-state index is 0.0217. The molecule has 2 N–H and O–H groups in total. The number of aliphatic carboxylic acids is 1. The van der Waals surface area contributed by atoms with Crippen LogP contribution in [-0.4, -0.2) is 49.7 Å². The lowest BCUT2D eigenvalue weighted by molar-refractivity contribution is -0.143. The highest BCUT2D eigenvalue weighted by atomic mass is 16.5. The van der Waals surface area contributed by atoms with Gasteiger partial charge in [0.2, 0.25) is 11.8 Å². The van der Waals surface area contributed by atoms with Crippen molar-refractivity contribution in [1.29, 1.82) is 0 Å². The molecule has 27 heavy (non-hydrogen) atoms. The van der Waals surface area contributed by atoms with E-state index < -0.39 is 23.8 Å². The van der Waals surface area contributed by atoms with Crippen LogP contribution in [0.3, 0.4) is 0 Å². The van der Waals surface area contributed by atoms with Crippen LogP contribution in [0, 0.1) is 11.8 Å². The SMILES string of the molecule is CC[C@H](C)[C@H](NC(=O)C1CC(=O)N(c2ccc(OC)cc2OC)C1)C(=O)O. The number of hydrogen-bond acceptors (Lipinski definition) is 5. The van der Waals surface area contributed by atoms with Crippen molar-refractivity contribution in [3.05, 3.63) is 18.2 Å². The van der Waals surface area contributed by atoms with Gasteiger partial charge in [-0.15, -0.1) is 0 Å². The Labute approximate surface area is 158 Å². The smallest absolute Gasteiger partial charge is 0.326 e. The first-order chi connectivity index (χ1) is 12.8. The van der Waals surface area contributed by atoms with Crippen molar-refractivity contribution >= 4 is 23.5 Å². The topological polar surface area (TPSA) is 105 Å². The molecule has 1 saturated heterocycles. The number of nitrogens with one attached hydrogen (secondary N) is 1. The van der Waals surface area contributed by atoms with Crippen LogP contribution in [0.2, 0.25) is 0 Å². The third-order valence-corrected chi connectivity index (χ3v) is 4.95. The fraction of sp³-hybridized carbons (Fsp3) is 0.526. The highest BCUT2D eigenvalue weighted by Crippen LogP contribution is 2.35. The molecule has 1 aromatic rings. The van der Waals surface area contributed by atoms with E-state index in [0.29, 0.717) is 23.6 Å². The number of methoxy groups -OCH3 is 2. The second-order valence-corrected chi connectivity index (χ2v) is 6.65. The first-order valence-electron chi connectivity index (χ1n) is 8.87. The van der Waals surface area contributed by atoms with Crippen LogP contribution in [0.15, 0.2) is 18.2 Å². The number of nitrogens with zero attached hydrogens (tertiary/aromatic N) is 1. The van der Waals surface area contributed by atoms with Crippen LogP contribution >= 0.6 is 0 Å². The largest absolute Gasteiger partial charge is 0.497 e. The molecule has 2 amide bonds. The predicted octanol–water partition coefficient (Wildman–Crippen LogP) is 1.67. The van der Waals surface area contributed by atoms with Crippen LogP contribution in [0.25, 0.3) is 0 Å². The highest BCUT2D eigenvalue weighted by molar-refractivity contribution is 6.01. The second-order valence-electron chi connectivity index (χ2n) is 6.65. The van der Waals surface area contributed by atoms with Crippen molar-refractivity contribution in [2.24, 2.45) is 11.8 Å². The van der Waals surface area contributed by atoms with Gasteiger partial charge in [0.15, 0.2) is 0 Å². The third kappa shape index (κ3) is 4.50. The van der Waals surface area contributed by atoms with E-state index in [9.17, 15) is 19.5 Å². The molecule has 1 aliphatic heterocycles. The summed E-state index contributed by atoms with van der Waals surface area (Å²) in [6.45, 7) is 3.80. The predicted molar refractivity (Wildman–Crippen MR) is 99.0 cm³/mol. The molecule has 2 rings (SSSR count). The summed E-state index contributed by atoms with van der Waals surface area (Å²) < 4.78 is 10.5. The van der Waals surface area contributed by atoms with E-state index in [0.717, 1.165) is 0 Å². The van der Waals surface area contributed by atoms with Crippen LogP contribution < -0.4 is 19.7 Å². The molecule has 0 aromatic heterocycles. The molecule has 148 valence electrons. The summed E-state index contributed by atoms with van der Waals surface area (Å²) in [5.74, 6) is -1.48. The van der Waals surface area contributed by atoms with Crippen LogP contribution in [0.1, 0.15) is 26.7 Å². The fourth-order valence-electron chi connectivity index (χ4n) is 3.08. The number of ether oxygens (including phenoxy) is 2. The molecule has 0 spiro atoms. The van der Waals surface area contributed by atoms with Gasteiger partial charge in [0.25, 0.3) is 0 Å². The Balaban J connectivity index is 2.15. The molecule has 1 aliphatic rings. The van der Waals surface area contributed by atoms with Gasteiger partial charge in [0.1, 0.15) is 17.5 Å². The summed E-state index contributed by atoms with van der Waals surface area (Å²) in [4.78, 5) is 37.9. The monoisotopic (exact) mass is 378 g/mol. The maximum Gasteiger partial charge on any atom is 0.326 e. The molecule has 0 radical (unpaired) electrons. The molecule has 3 atom stereocenters. The van der Waals surface area contributed by atoms with Crippen molar-refractivity contribution in [3.63, 3.8) is 0 Å². The Hall–Kier alpha value is -2.77. The number of amides is 2. The van der Waals surface area contributed by atoms with Gasteiger partial charge in [-0.2, -0.15) is 0 Å². The zero-order valence-electron chi connectivity index (χ0n) is 16.0. The number of carboxylic acid groups (broad SMARTS) is 1. The average Bonchev–Trinajstić information content (AvgIpc) is 3.05. The quantitative estimate of drug-likeness (QED) is 0.713. The van der Waals surface area contributed by atoms with Crippen LogP contribution in [0.5, 0.6) is 11.5 Å². The molecule has 0 saturated carbocycles. The Kier molecular flexibility index (Phi) is 6.65. The summed E-state index contributed by atoms with van der Waals surface area (Å²) in [6.07, 6.45) is 0.643. The summed E-state index contributed by atoms with van der Waals surface area (Å²) in [5, 5.41) is 11.9. The summed E-state index contributed by atoms with van der Waals surface area (Å²) in [7, 11) is 3.03. The van der Waals surface area contributed by atoms with E-state index in [1.165, 1.54) is 19.1 Å². The summed E-state index contributed by atoms with van der Waals surface area (Å²) >= 11 is 0. The van der Waals surface area contributed by atoms with E-state index >= 15 is 0 Å². The van der Waals surface area contributed by atoms with Crippen molar-refractivity contribution < 1.29 is 29.0 Å². The average molecular weight is 378 g/mol. The van der Waals surface area contributed by atoms with E-state index in [4.69, 9.17) is 9.47 Å².